The molecular weight excluding hydrogens is 497 g/mol. The average Bonchev–Trinajstić information content (AvgIpc) is 2.89. The van der Waals surface area contributed by atoms with Crippen LogP contribution in [0.1, 0.15) is 96.0 Å². The molecule has 0 radical (unpaired) electrons. The summed E-state index contributed by atoms with van der Waals surface area (Å²) in [7, 11) is 2.25. The Kier molecular flexibility index (Phi) is 10.2. The Morgan fingerprint density at radius 3 is 2.03 bits per heavy atom. The summed E-state index contributed by atoms with van der Waals surface area (Å²) in [6, 6.07) is 21.5. The van der Waals surface area contributed by atoms with Crippen LogP contribution < -0.4 is 10.0 Å². The van der Waals surface area contributed by atoms with E-state index in [2.05, 4.69) is 92.6 Å². The molecule has 4 heteroatoms. The molecule has 0 N–H and O–H groups in total. The van der Waals surface area contributed by atoms with Gasteiger partial charge in [-0.05, 0) is 59.2 Å². The topological polar surface area (TPSA) is 30.8 Å². The van der Waals surface area contributed by atoms with Gasteiger partial charge in [0, 0.05) is 35.2 Å². The van der Waals surface area contributed by atoms with Gasteiger partial charge in [0.1, 0.15) is 5.75 Å². The number of ether oxygens (including phenoxy) is 2. The molecule has 3 aromatic carbocycles. The number of rotatable bonds is 10. The first-order chi connectivity index (χ1) is 18.4. The van der Waals surface area contributed by atoms with Crippen molar-refractivity contribution in [1.82, 2.24) is 0 Å². The van der Waals surface area contributed by atoms with Gasteiger partial charge in [0.15, 0.2) is 6.79 Å². The summed E-state index contributed by atoms with van der Waals surface area (Å²) in [6.07, 6.45) is 4.05. The summed E-state index contributed by atoms with van der Waals surface area (Å²) in [5.74, 6) is 0.988. The van der Waals surface area contributed by atoms with Gasteiger partial charge in [-0.25, -0.2) is 0 Å². The Morgan fingerprint density at radius 1 is 0.821 bits per heavy atom. The van der Waals surface area contributed by atoms with Gasteiger partial charge in [0.05, 0.1) is 5.69 Å². The molecule has 0 saturated carbocycles. The lowest BCUT2D eigenvalue weighted by Crippen LogP contribution is -2.28. The molecule has 3 aromatic rings. The van der Waals surface area contributed by atoms with E-state index >= 15 is 0 Å². The summed E-state index contributed by atoms with van der Waals surface area (Å²) in [4.78, 5) is 4.82. The highest BCUT2D eigenvalue weighted by molar-refractivity contribution is 7.49. The molecule has 0 bridgehead atoms. The van der Waals surface area contributed by atoms with Crippen molar-refractivity contribution in [2.75, 3.05) is 13.9 Å². The third-order valence-electron chi connectivity index (χ3n) is 7.58. The standard InChI is InChI=1S/C35H48NO2P/c1-11-35(12-2,39-32-25(3)17-16-18-26(32)23-36-28-19-14-13-15-20-28)30-22-27(33(4,5)6)21-29(34(7,8)9)31(30)38-24-37-10/h13-23,39H,11-12,24H2,1-10H3/b36-23+. The van der Waals surface area contributed by atoms with Crippen molar-refractivity contribution in [2.24, 2.45) is 4.99 Å². The zero-order valence-corrected chi connectivity index (χ0v) is 26.7. The second-order valence-electron chi connectivity index (χ2n) is 12.5. The van der Waals surface area contributed by atoms with Crippen LogP contribution in [0.2, 0.25) is 0 Å². The molecule has 0 aromatic heterocycles. The molecule has 0 aliphatic carbocycles. The van der Waals surface area contributed by atoms with E-state index in [4.69, 9.17) is 14.5 Å². The highest BCUT2D eigenvalue weighted by atomic mass is 31.1. The summed E-state index contributed by atoms with van der Waals surface area (Å²) >= 11 is 0. The average molecular weight is 546 g/mol. The summed E-state index contributed by atoms with van der Waals surface area (Å²) < 4.78 is 11.9. The highest BCUT2D eigenvalue weighted by Crippen LogP contribution is 2.53. The third-order valence-corrected chi connectivity index (χ3v) is 9.97. The number of aryl methyl sites for hydroxylation is 1. The fraction of sp³-hybridized carbons (Fsp3) is 0.457. The summed E-state index contributed by atoms with van der Waals surface area (Å²) in [5, 5.41) is 1.28. The number of hydrogen-bond donors (Lipinski definition) is 0. The maximum absolute atomic E-state index is 6.48. The molecule has 0 saturated heterocycles. The van der Waals surface area contributed by atoms with Crippen LogP contribution in [-0.4, -0.2) is 20.1 Å². The van der Waals surface area contributed by atoms with E-state index in [0.29, 0.717) is 8.58 Å². The van der Waals surface area contributed by atoms with E-state index in [0.717, 1.165) is 24.3 Å². The van der Waals surface area contributed by atoms with Crippen LogP contribution in [0.5, 0.6) is 5.75 Å². The van der Waals surface area contributed by atoms with Crippen LogP contribution >= 0.6 is 8.58 Å². The quantitative estimate of drug-likeness (QED) is 0.144. The summed E-state index contributed by atoms with van der Waals surface area (Å²) in [6.45, 7) is 20.9. The Morgan fingerprint density at radius 2 is 1.46 bits per heavy atom. The predicted octanol–water partition coefficient (Wildman–Crippen LogP) is 9.34. The van der Waals surface area contributed by atoms with E-state index in [9.17, 15) is 0 Å². The normalized spacial score (nSPS) is 13.1. The molecular formula is C35H48NO2P. The van der Waals surface area contributed by atoms with Gasteiger partial charge >= 0.3 is 0 Å². The highest BCUT2D eigenvalue weighted by Gasteiger charge is 2.37. The van der Waals surface area contributed by atoms with Crippen LogP contribution in [-0.2, 0) is 20.7 Å². The SMILES string of the molecule is CCC(CC)(Pc1c(C)cccc1/C=N/c1ccccc1)c1cc(C(C)(C)C)cc(C(C)(C)C)c1OCOC. The fourth-order valence-corrected chi connectivity index (χ4v) is 6.71. The van der Waals surface area contributed by atoms with Crippen LogP contribution in [0.25, 0.3) is 0 Å². The van der Waals surface area contributed by atoms with E-state index in [1.54, 1.807) is 7.11 Å². The van der Waals surface area contributed by atoms with Gasteiger partial charge in [-0.15, -0.1) is 0 Å². The van der Waals surface area contributed by atoms with Gasteiger partial charge in [-0.3, -0.25) is 4.99 Å². The second kappa shape index (κ2) is 12.8. The lowest BCUT2D eigenvalue weighted by Gasteiger charge is -2.38. The Hall–Kier alpha value is -2.48. The van der Waals surface area contributed by atoms with Crippen molar-refractivity contribution < 1.29 is 9.47 Å². The minimum atomic E-state index is -0.0915. The van der Waals surface area contributed by atoms with Gasteiger partial charge in [-0.1, -0.05) is 113 Å². The maximum atomic E-state index is 6.48. The van der Waals surface area contributed by atoms with Crippen LogP contribution in [0.4, 0.5) is 5.69 Å². The van der Waals surface area contributed by atoms with Crippen molar-refractivity contribution >= 4 is 25.8 Å². The van der Waals surface area contributed by atoms with E-state index < -0.39 is 0 Å². The lowest BCUT2D eigenvalue weighted by molar-refractivity contribution is 0.0485. The first-order valence-corrected chi connectivity index (χ1v) is 15.1. The first kappa shape index (κ1) is 31.1. The van der Waals surface area contributed by atoms with Crippen LogP contribution in [0.3, 0.4) is 0 Å². The van der Waals surface area contributed by atoms with Crippen molar-refractivity contribution in [2.45, 2.75) is 91.1 Å². The first-order valence-electron chi connectivity index (χ1n) is 14.1. The van der Waals surface area contributed by atoms with Crippen molar-refractivity contribution in [3.05, 3.63) is 88.5 Å². The van der Waals surface area contributed by atoms with Gasteiger partial charge < -0.3 is 9.47 Å². The molecule has 0 amide bonds. The van der Waals surface area contributed by atoms with E-state index in [-0.39, 0.29) is 22.8 Å². The van der Waals surface area contributed by atoms with Crippen molar-refractivity contribution in [3.8, 4) is 5.75 Å². The molecule has 0 aliphatic rings. The van der Waals surface area contributed by atoms with Gasteiger partial charge in [0.2, 0.25) is 0 Å². The van der Waals surface area contributed by atoms with Crippen LogP contribution in [0.15, 0.2) is 65.7 Å². The largest absolute Gasteiger partial charge is 0.467 e. The Balaban J connectivity index is 2.27. The van der Waals surface area contributed by atoms with E-state index in [1.807, 2.05) is 36.5 Å². The number of nitrogens with zero attached hydrogens (tertiary/aromatic N) is 1. The molecule has 3 nitrogen and oxygen atoms in total. The van der Waals surface area contributed by atoms with Crippen molar-refractivity contribution in [1.29, 1.82) is 0 Å². The third kappa shape index (κ3) is 7.38. The lowest BCUT2D eigenvalue weighted by atomic mass is 9.76. The molecule has 210 valence electrons. The van der Waals surface area contributed by atoms with Crippen molar-refractivity contribution in [3.63, 3.8) is 0 Å². The van der Waals surface area contributed by atoms with Crippen LogP contribution in [0, 0.1) is 6.92 Å². The molecule has 0 aliphatic heterocycles. The fourth-order valence-electron chi connectivity index (χ4n) is 4.99. The molecule has 0 spiro atoms. The van der Waals surface area contributed by atoms with E-state index in [1.165, 1.54) is 33.1 Å². The smallest absolute Gasteiger partial charge is 0.188 e. The number of aliphatic imine (C=N–C) groups is 1. The molecule has 1 atom stereocenters. The minimum absolute atomic E-state index is 0.0149. The zero-order valence-electron chi connectivity index (χ0n) is 25.7. The number of hydrogen-bond acceptors (Lipinski definition) is 3. The number of methoxy groups -OCH3 is 1. The molecule has 3 rings (SSSR count). The Labute approximate surface area is 239 Å². The molecule has 39 heavy (non-hydrogen) atoms. The molecule has 0 heterocycles. The van der Waals surface area contributed by atoms with Gasteiger partial charge in [-0.2, -0.15) is 0 Å². The summed E-state index contributed by atoms with van der Waals surface area (Å²) in [5.41, 5.74) is 7.28. The Bertz CT molecular complexity index is 1260. The molecule has 0 fully saturated rings. The monoisotopic (exact) mass is 545 g/mol. The molecule has 1 unspecified atom stereocenters. The predicted molar refractivity (Wildman–Crippen MR) is 171 cm³/mol. The van der Waals surface area contributed by atoms with Gasteiger partial charge in [0.25, 0.3) is 0 Å². The maximum Gasteiger partial charge on any atom is 0.188 e. The number of benzene rings is 3. The zero-order chi connectivity index (χ0) is 28.8. The number of para-hydroxylation sites is 1. The minimum Gasteiger partial charge on any atom is -0.467 e. The second-order valence-corrected chi connectivity index (χ2v) is 14.2.